The van der Waals surface area contributed by atoms with Crippen molar-refractivity contribution < 1.29 is 4.79 Å². The van der Waals surface area contributed by atoms with Gasteiger partial charge in [-0.2, -0.15) is 0 Å². The maximum Gasteiger partial charge on any atom is 0.251 e. The monoisotopic (exact) mass is 437 g/mol. The first-order valence-electron chi connectivity index (χ1n) is 9.69. The summed E-state index contributed by atoms with van der Waals surface area (Å²) in [4.78, 5) is 17.6. The predicted octanol–water partition coefficient (Wildman–Crippen LogP) is 6.19. The van der Waals surface area contributed by atoms with E-state index in [9.17, 15) is 4.79 Å². The lowest BCUT2D eigenvalue weighted by atomic mass is 10.1. The van der Waals surface area contributed by atoms with Crippen LogP contribution in [0.2, 0.25) is 10.0 Å². The molecule has 0 aliphatic rings. The molecule has 30 heavy (non-hydrogen) atoms. The number of rotatable bonds is 5. The van der Waals surface area contributed by atoms with E-state index >= 15 is 0 Å². The molecular weight excluding hydrogens is 417 g/mol. The summed E-state index contributed by atoms with van der Waals surface area (Å²) in [6.07, 6.45) is 0. The molecule has 1 unspecified atom stereocenters. The zero-order chi connectivity index (χ0) is 21.3. The van der Waals surface area contributed by atoms with Crippen LogP contribution in [0.5, 0.6) is 0 Å². The maximum atomic E-state index is 12.8. The number of aromatic nitrogens is 2. The third-order valence-corrected chi connectivity index (χ3v) is 5.76. The summed E-state index contributed by atoms with van der Waals surface area (Å²) >= 11 is 12.3. The zero-order valence-electron chi connectivity index (χ0n) is 16.7. The number of benzene rings is 3. The summed E-state index contributed by atoms with van der Waals surface area (Å²) < 4.78 is 2.11. The molecule has 152 valence electrons. The van der Waals surface area contributed by atoms with E-state index in [1.54, 1.807) is 6.07 Å². The van der Waals surface area contributed by atoms with Crippen molar-refractivity contribution in [2.45, 2.75) is 26.4 Å². The highest BCUT2D eigenvalue weighted by atomic mass is 35.5. The summed E-state index contributed by atoms with van der Waals surface area (Å²) in [5, 5.41) is 4.12. The van der Waals surface area contributed by atoms with Gasteiger partial charge in [-0.05, 0) is 55.8 Å². The van der Waals surface area contributed by atoms with Crippen LogP contribution in [0.15, 0.2) is 66.7 Å². The molecule has 1 amide bonds. The van der Waals surface area contributed by atoms with Gasteiger partial charge in [0, 0.05) is 12.1 Å². The highest BCUT2D eigenvalue weighted by Gasteiger charge is 2.19. The van der Waals surface area contributed by atoms with Crippen LogP contribution in [0.4, 0.5) is 0 Å². The molecule has 4 aromatic rings. The lowest BCUT2D eigenvalue weighted by Crippen LogP contribution is -2.29. The van der Waals surface area contributed by atoms with Gasteiger partial charge in [-0.3, -0.25) is 4.79 Å². The molecule has 4 rings (SSSR count). The average molecular weight is 438 g/mol. The molecule has 1 atom stereocenters. The quantitative estimate of drug-likeness (QED) is 0.404. The number of hydrogen-bond acceptors (Lipinski definition) is 2. The van der Waals surface area contributed by atoms with Crippen LogP contribution >= 0.6 is 23.2 Å². The second-order valence-electron chi connectivity index (χ2n) is 7.36. The maximum absolute atomic E-state index is 12.8. The summed E-state index contributed by atoms with van der Waals surface area (Å²) in [5.74, 6) is 0.655. The standard InChI is InChI=1S/C24H21Cl2N3O/c1-15-6-5-7-18(12-15)24(30)27-16(2)23-28-21-8-3-4-9-22(21)29(23)14-17-10-11-19(25)20(26)13-17/h3-13,16H,14H2,1-2H3,(H,27,30). The minimum atomic E-state index is -0.284. The minimum Gasteiger partial charge on any atom is -0.342 e. The molecule has 1 heterocycles. The number of nitrogens with one attached hydrogen (secondary N) is 1. The lowest BCUT2D eigenvalue weighted by molar-refractivity contribution is 0.0937. The number of nitrogens with zero attached hydrogens (tertiary/aromatic N) is 2. The summed E-state index contributed by atoms with van der Waals surface area (Å²) in [6, 6.07) is 20.8. The molecule has 0 aliphatic heterocycles. The van der Waals surface area contributed by atoms with Crippen molar-refractivity contribution in [1.82, 2.24) is 14.9 Å². The second kappa shape index (κ2) is 8.50. The number of aryl methyl sites for hydroxylation is 1. The van der Waals surface area contributed by atoms with Gasteiger partial charge in [-0.1, -0.05) is 59.1 Å². The van der Waals surface area contributed by atoms with Gasteiger partial charge in [-0.25, -0.2) is 4.98 Å². The van der Waals surface area contributed by atoms with E-state index in [0.717, 1.165) is 28.0 Å². The normalized spacial score (nSPS) is 12.1. The predicted molar refractivity (Wildman–Crippen MR) is 122 cm³/mol. The number of carbonyl (C=O) groups is 1. The number of halogens is 2. The molecule has 3 aromatic carbocycles. The smallest absolute Gasteiger partial charge is 0.251 e. The Bertz CT molecular complexity index is 1230. The number of para-hydroxylation sites is 2. The van der Waals surface area contributed by atoms with Crippen molar-refractivity contribution in [3.8, 4) is 0 Å². The molecule has 6 heteroatoms. The highest BCUT2D eigenvalue weighted by Crippen LogP contribution is 2.26. The van der Waals surface area contributed by atoms with Gasteiger partial charge >= 0.3 is 0 Å². The van der Waals surface area contributed by atoms with Gasteiger partial charge in [0.15, 0.2) is 0 Å². The fourth-order valence-corrected chi connectivity index (χ4v) is 3.86. The van der Waals surface area contributed by atoms with E-state index in [0.29, 0.717) is 22.2 Å². The summed E-state index contributed by atoms with van der Waals surface area (Å²) in [6.45, 7) is 4.48. The van der Waals surface area contributed by atoms with Crippen LogP contribution in [0.3, 0.4) is 0 Å². The number of fused-ring (bicyclic) bond motifs is 1. The molecule has 0 radical (unpaired) electrons. The topological polar surface area (TPSA) is 46.9 Å². The number of imidazole rings is 1. The molecule has 0 bridgehead atoms. The van der Waals surface area contributed by atoms with E-state index < -0.39 is 0 Å². The van der Waals surface area contributed by atoms with Crippen molar-refractivity contribution in [2.75, 3.05) is 0 Å². The van der Waals surface area contributed by atoms with E-state index in [-0.39, 0.29) is 11.9 Å². The van der Waals surface area contributed by atoms with Crippen LogP contribution in [0.1, 0.15) is 40.3 Å². The van der Waals surface area contributed by atoms with Crippen molar-refractivity contribution in [1.29, 1.82) is 0 Å². The molecule has 0 fully saturated rings. The number of amides is 1. The van der Waals surface area contributed by atoms with E-state index in [1.165, 1.54) is 0 Å². The van der Waals surface area contributed by atoms with Gasteiger partial charge in [0.1, 0.15) is 5.82 Å². The fourth-order valence-electron chi connectivity index (χ4n) is 3.54. The van der Waals surface area contributed by atoms with Crippen LogP contribution in [-0.2, 0) is 6.54 Å². The van der Waals surface area contributed by atoms with Crippen molar-refractivity contribution in [3.05, 3.63) is 99.3 Å². The van der Waals surface area contributed by atoms with E-state index in [2.05, 4.69) is 9.88 Å². The first kappa shape index (κ1) is 20.5. The zero-order valence-corrected chi connectivity index (χ0v) is 18.2. The largest absolute Gasteiger partial charge is 0.342 e. The molecule has 0 aliphatic carbocycles. The van der Waals surface area contributed by atoms with Gasteiger partial charge in [0.2, 0.25) is 0 Å². The first-order valence-corrected chi connectivity index (χ1v) is 10.4. The Morgan fingerprint density at radius 1 is 1.03 bits per heavy atom. The Labute approximate surface area is 185 Å². The van der Waals surface area contributed by atoms with Crippen LogP contribution in [0.25, 0.3) is 11.0 Å². The molecule has 0 saturated heterocycles. The van der Waals surface area contributed by atoms with Gasteiger partial charge in [-0.15, -0.1) is 0 Å². The second-order valence-corrected chi connectivity index (χ2v) is 8.17. The Hall–Kier alpha value is -2.82. The van der Waals surface area contributed by atoms with Crippen molar-refractivity contribution in [2.24, 2.45) is 0 Å². The van der Waals surface area contributed by atoms with Crippen LogP contribution in [0, 0.1) is 6.92 Å². The number of hydrogen-bond donors (Lipinski definition) is 1. The van der Waals surface area contributed by atoms with Crippen LogP contribution < -0.4 is 5.32 Å². The summed E-state index contributed by atoms with van der Waals surface area (Å²) in [5.41, 5.74) is 4.56. The van der Waals surface area contributed by atoms with Gasteiger partial charge in [0.25, 0.3) is 5.91 Å². The highest BCUT2D eigenvalue weighted by molar-refractivity contribution is 6.42. The van der Waals surface area contributed by atoms with Crippen LogP contribution in [-0.4, -0.2) is 15.5 Å². The Morgan fingerprint density at radius 3 is 2.60 bits per heavy atom. The minimum absolute atomic E-state index is 0.126. The molecule has 1 aromatic heterocycles. The first-order chi connectivity index (χ1) is 14.4. The third-order valence-electron chi connectivity index (χ3n) is 5.02. The molecule has 4 nitrogen and oxygen atoms in total. The van der Waals surface area contributed by atoms with Gasteiger partial charge in [0.05, 0.1) is 27.1 Å². The molecule has 1 N–H and O–H groups in total. The van der Waals surface area contributed by atoms with Crippen molar-refractivity contribution >= 4 is 40.1 Å². The Morgan fingerprint density at radius 2 is 1.83 bits per heavy atom. The molecule has 0 spiro atoms. The number of carbonyl (C=O) groups excluding carboxylic acids is 1. The van der Waals surface area contributed by atoms with Crippen molar-refractivity contribution in [3.63, 3.8) is 0 Å². The average Bonchev–Trinajstić information content (AvgIpc) is 3.09. The summed E-state index contributed by atoms with van der Waals surface area (Å²) in [7, 11) is 0. The fraction of sp³-hybridized carbons (Fsp3) is 0.167. The molecular formula is C24H21Cl2N3O. The Balaban J connectivity index is 1.68. The van der Waals surface area contributed by atoms with Gasteiger partial charge < -0.3 is 9.88 Å². The van der Waals surface area contributed by atoms with E-state index in [1.807, 2.05) is 74.5 Å². The lowest BCUT2D eigenvalue weighted by Gasteiger charge is -2.17. The molecule has 0 saturated carbocycles. The third kappa shape index (κ3) is 4.20. The Kier molecular flexibility index (Phi) is 5.80. The SMILES string of the molecule is Cc1cccc(C(=O)NC(C)c2nc3ccccc3n2Cc2ccc(Cl)c(Cl)c2)c1. The van der Waals surface area contributed by atoms with E-state index in [4.69, 9.17) is 28.2 Å².